The molecular formula is C39H41N3. The molecule has 212 valence electrons. The Morgan fingerprint density at radius 1 is 0.786 bits per heavy atom. The minimum atomic E-state index is 0.333. The van der Waals surface area contributed by atoms with E-state index >= 15 is 0 Å². The lowest BCUT2D eigenvalue weighted by Crippen LogP contribution is -2.08. The van der Waals surface area contributed by atoms with Crippen LogP contribution >= 0.6 is 0 Å². The fraction of sp³-hybridized carbons (Fsp3) is 0.308. The van der Waals surface area contributed by atoms with Crippen LogP contribution in [0.5, 0.6) is 0 Å². The first-order valence-electron chi connectivity index (χ1n) is 15.6. The van der Waals surface area contributed by atoms with Crippen molar-refractivity contribution in [1.82, 2.24) is 14.1 Å². The lowest BCUT2D eigenvalue weighted by atomic mass is 9.88. The third-order valence-corrected chi connectivity index (χ3v) is 8.55. The quantitative estimate of drug-likeness (QED) is 0.175. The van der Waals surface area contributed by atoms with Gasteiger partial charge < -0.3 is 4.57 Å². The first kappa shape index (κ1) is 27.9. The minimum absolute atomic E-state index is 0.333. The molecule has 0 saturated heterocycles. The molecule has 0 fully saturated rings. The molecule has 0 unspecified atom stereocenters. The normalized spacial score (nSPS) is 11.7. The molecule has 0 bridgehead atoms. The van der Waals surface area contributed by atoms with Gasteiger partial charge in [0.25, 0.3) is 0 Å². The standard InChI is InChI=1S/C39H41N3/c1-7-9-13-28-16-18-32-35-23-30(17-19-36(35)41(8-2)37(32)22-28)31-24-33(26(3)4)38(34(25-31)27(5)6)42-21-20-40-39(42)29-14-11-10-12-15-29/h10-12,14-16,18,20-27H,7-9,13H2,1-6H3. The second-order valence-electron chi connectivity index (χ2n) is 12.1. The zero-order chi connectivity index (χ0) is 29.4. The van der Waals surface area contributed by atoms with E-state index in [0.717, 1.165) is 35.4 Å². The average Bonchev–Trinajstić information content (AvgIpc) is 3.61. The molecule has 4 aromatic carbocycles. The second kappa shape index (κ2) is 11.5. The Bertz CT molecular complexity index is 1820. The molecule has 0 amide bonds. The predicted molar refractivity (Wildman–Crippen MR) is 178 cm³/mol. The van der Waals surface area contributed by atoms with Crippen LogP contribution in [-0.4, -0.2) is 14.1 Å². The zero-order valence-corrected chi connectivity index (χ0v) is 25.8. The van der Waals surface area contributed by atoms with E-state index in [1.165, 1.54) is 57.1 Å². The Morgan fingerprint density at radius 3 is 2.19 bits per heavy atom. The van der Waals surface area contributed by atoms with Gasteiger partial charge in [-0.1, -0.05) is 89.6 Å². The van der Waals surface area contributed by atoms with Gasteiger partial charge in [0.15, 0.2) is 0 Å². The molecule has 0 aliphatic heterocycles. The van der Waals surface area contributed by atoms with Crippen LogP contribution < -0.4 is 0 Å². The second-order valence-corrected chi connectivity index (χ2v) is 12.1. The number of hydrogen-bond acceptors (Lipinski definition) is 1. The maximum Gasteiger partial charge on any atom is 0.144 e. The topological polar surface area (TPSA) is 22.8 Å². The number of rotatable bonds is 9. The van der Waals surface area contributed by atoms with Gasteiger partial charge in [-0.25, -0.2) is 4.98 Å². The monoisotopic (exact) mass is 551 g/mol. The summed E-state index contributed by atoms with van der Waals surface area (Å²) in [5.41, 5.74) is 11.1. The summed E-state index contributed by atoms with van der Waals surface area (Å²) in [6.07, 6.45) is 7.59. The molecule has 6 aromatic rings. The Kier molecular flexibility index (Phi) is 7.65. The third kappa shape index (κ3) is 4.90. The van der Waals surface area contributed by atoms with Gasteiger partial charge in [-0.2, -0.15) is 0 Å². The number of fused-ring (bicyclic) bond motifs is 3. The molecule has 2 heterocycles. The fourth-order valence-electron chi connectivity index (χ4n) is 6.31. The van der Waals surface area contributed by atoms with Crippen molar-refractivity contribution in [2.24, 2.45) is 0 Å². The van der Waals surface area contributed by atoms with Gasteiger partial charge in [-0.05, 0) is 84.2 Å². The number of aryl methyl sites for hydroxylation is 2. The Labute approximate surface area is 250 Å². The van der Waals surface area contributed by atoms with Crippen LogP contribution in [0.15, 0.2) is 79.1 Å². The highest BCUT2D eigenvalue weighted by Crippen LogP contribution is 2.39. The molecule has 0 N–H and O–H groups in total. The minimum Gasteiger partial charge on any atom is -0.334 e. The predicted octanol–water partition coefficient (Wildman–Crippen LogP) is 10.5. The van der Waals surface area contributed by atoms with Crippen LogP contribution in [-0.2, 0) is 13.0 Å². The van der Waals surface area contributed by atoms with Crippen LogP contribution in [0, 0.1) is 12.1 Å². The average molecular weight is 552 g/mol. The lowest BCUT2D eigenvalue weighted by Gasteiger charge is -2.23. The summed E-state index contributed by atoms with van der Waals surface area (Å²) in [5, 5.41) is 2.55. The summed E-state index contributed by atoms with van der Waals surface area (Å²) in [7, 11) is 0. The fourth-order valence-corrected chi connectivity index (χ4v) is 6.31. The molecule has 3 nitrogen and oxygen atoms in total. The molecule has 0 saturated carbocycles. The summed E-state index contributed by atoms with van der Waals surface area (Å²) in [6, 6.07) is 31.7. The molecule has 0 aliphatic rings. The number of nitrogens with zero attached hydrogens (tertiary/aromatic N) is 3. The maximum absolute atomic E-state index is 4.79. The van der Waals surface area contributed by atoms with Gasteiger partial charge in [-0.3, -0.25) is 4.57 Å². The Hall–Kier alpha value is -4.29. The van der Waals surface area contributed by atoms with Gasteiger partial charge >= 0.3 is 0 Å². The smallest absolute Gasteiger partial charge is 0.144 e. The van der Waals surface area contributed by atoms with E-state index in [-0.39, 0.29) is 0 Å². The van der Waals surface area contributed by atoms with E-state index in [4.69, 9.17) is 4.98 Å². The Balaban J connectivity index is 1.53. The first-order chi connectivity index (χ1) is 20.4. The van der Waals surface area contributed by atoms with E-state index in [1.807, 2.05) is 6.20 Å². The number of unbranched alkanes of at least 4 members (excludes halogenated alkanes) is 1. The highest BCUT2D eigenvalue weighted by molar-refractivity contribution is 6.08. The van der Waals surface area contributed by atoms with Crippen molar-refractivity contribution in [2.75, 3.05) is 0 Å². The van der Waals surface area contributed by atoms with Crippen molar-refractivity contribution in [3.63, 3.8) is 0 Å². The first-order valence-corrected chi connectivity index (χ1v) is 15.6. The zero-order valence-electron chi connectivity index (χ0n) is 25.8. The van der Waals surface area contributed by atoms with Crippen molar-refractivity contribution in [3.8, 4) is 28.2 Å². The Morgan fingerprint density at radius 2 is 1.52 bits per heavy atom. The summed E-state index contributed by atoms with van der Waals surface area (Å²) >= 11 is 0. The molecule has 42 heavy (non-hydrogen) atoms. The lowest BCUT2D eigenvalue weighted by molar-refractivity contribution is 0.793. The van der Waals surface area contributed by atoms with E-state index in [0.29, 0.717) is 11.8 Å². The highest BCUT2D eigenvalue weighted by Gasteiger charge is 2.21. The van der Waals surface area contributed by atoms with Crippen LogP contribution in [0.25, 0.3) is 50.0 Å². The summed E-state index contributed by atoms with van der Waals surface area (Å²) < 4.78 is 4.68. The van der Waals surface area contributed by atoms with Crippen LogP contribution in [0.3, 0.4) is 0 Å². The van der Waals surface area contributed by atoms with Crippen molar-refractivity contribution in [1.29, 1.82) is 0 Å². The number of benzene rings is 3. The summed E-state index contributed by atoms with van der Waals surface area (Å²) in [4.78, 5) is 4.79. The summed E-state index contributed by atoms with van der Waals surface area (Å²) in [6.45, 7) is 14.5. The van der Waals surface area contributed by atoms with E-state index < -0.39 is 0 Å². The van der Waals surface area contributed by atoms with Gasteiger partial charge in [0.05, 0.1) is 5.69 Å². The van der Waals surface area contributed by atoms with Crippen molar-refractivity contribution in [2.45, 2.75) is 79.2 Å². The van der Waals surface area contributed by atoms with Gasteiger partial charge in [-0.15, -0.1) is 0 Å². The number of hydrogen-bond donors (Lipinski definition) is 0. The largest absolute Gasteiger partial charge is 0.334 e. The molecule has 2 aromatic heterocycles. The maximum atomic E-state index is 4.79. The molecular weight excluding hydrogens is 510 g/mol. The van der Waals surface area contributed by atoms with Crippen LogP contribution in [0.2, 0.25) is 0 Å². The SMILES string of the molecule is CCCCc1ccc2c3cc(-c4cc(C(C)C)c(-n5ccnc5-c5ccccc5)c(C(C)C)c4)c#cc3n(CC)c2c1. The number of aromatic nitrogens is 3. The third-order valence-electron chi connectivity index (χ3n) is 8.55. The van der Waals surface area contributed by atoms with E-state index in [1.54, 1.807) is 0 Å². The van der Waals surface area contributed by atoms with Crippen molar-refractivity contribution in [3.05, 3.63) is 108 Å². The molecule has 0 radical (unpaired) electrons. The van der Waals surface area contributed by atoms with Gasteiger partial charge in [0, 0.05) is 46.4 Å². The van der Waals surface area contributed by atoms with Crippen molar-refractivity contribution >= 4 is 21.8 Å². The van der Waals surface area contributed by atoms with Gasteiger partial charge in [0.2, 0.25) is 0 Å². The molecule has 6 rings (SSSR count). The number of imidazole rings is 1. The van der Waals surface area contributed by atoms with Crippen LogP contribution in [0.1, 0.15) is 82.9 Å². The summed E-state index contributed by atoms with van der Waals surface area (Å²) in [5.74, 6) is 1.64. The molecule has 0 spiro atoms. The van der Waals surface area contributed by atoms with E-state index in [2.05, 4.69) is 136 Å². The highest BCUT2D eigenvalue weighted by atomic mass is 15.1. The molecule has 0 aliphatic carbocycles. The van der Waals surface area contributed by atoms with Crippen LogP contribution in [0.4, 0.5) is 0 Å². The van der Waals surface area contributed by atoms with Crippen molar-refractivity contribution < 1.29 is 0 Å². The van der Waals surface area contributed by atoms with E-state index in [9.17, 15) is 0 Å². The molecule has 0 atom stereocenters. The van der Waals surface area contributed by atoms with Gasteiger partial charge in [0.1, 0.15) is 11.3 Å². The molecule has 3 heteroatoms.